The second kappa shape index (κ2) is 5.32. The number of carbonyl (C=O) groups is 1. The number of nitrogens with one attached hydrogen (secondary N) is 1. The maximum absolute atomic E-state index is 12.0. The van der Waals surface area contributed by atoms with Crippen molar-refractivity contribution >= 4 is 28.9 Å². The fourth-order valence-electron chi connectivity index (χ4n) is 1.65. The second-order valence-electron chi connectivity index (χ2n) is 4.39. The minimum absolute atomic E-state index is 0.223. The standard InChI is InChI=1S/C13H15ClN4O/c1-17(2)10-6-4-9(5-7-10)15-13(19)12-11(14)8-18(3)16-12/h4-8H,1-3H3,(H,15,19). The molecule has 0 spiro atoms. The van der Waals surface area contributed by atoms with Gasteiger partial charge in [-0.15, -0.1) is 0 Å². The molecule has 0 fully saturated rings. The number of carbonyl (C=O) groups excluding carboxylic acids is 1. The van der Waals surface area contributed by atoms with E-state index in [1.165, 1.54) is 4.68 Å². The van der Waals surface area contributed by atoms with Crippen molar-refractivity contribution in [1.29, 1.82) is 0 Å². The van der Waals surface area contributed by atoms with E-state index in [1.807, 2.05) is 43.3 Å². The van der Waals surface area contributed by atoms with Crippen LogP contribution in [0.25, 0.3) is 0 Å². The molecule has 6 heteroatoms. The highest BCUT2D eigenvalue weighted by Gasteiger charge is 2.14. The van der Waals surface area contributed by atoms with Crippen molar-refractivity contribution in [3.8, 4) is 0 Å². The van der Waals surface area contributed by atoms with Crippen LogP contribution in [0.5, 0.6) is 0 Å². The zero-order valence-corrected chi connectivity index (χ0v) is 11.8. The van der Waals surface area contributed by atoms with Gasteiger partial charge in [0.1, 0.15) is 0 Å². The molecule has 5 nitrogen and oxygen atoms in total. The molecule has 1 amide bonds. The van der Waals surface area contributed by atoms with Crippen molar-refractivity contribution < 1.29 is 4.79 Å². The van der Waals surface area contributed by atoms with Crippen molar-refractivity contribution in [2.24, 2.45) is 7.05 Å². The van der Waals surface area contributed by atoms with E-state index in [0.717, 1.165) is 5.69 Å². The zero-order chi connectivity index (χ0) is 14.0. The smallest absolute Gasteiger partial charge is 0.277 e. The van der Waals surface area contributed by atoms with E-state index in [0.29, 0.717) is 10.7 Å². The number of hydrogen-bond donors (Lipinski definition) is 1. The number of aryl methyl sites for hydroxylation is 1. The van der Waals surface area contributed by atoms with E-state index in [9.17, 15) is 4.79 Å². The van der Waals surface area contributed by atoms with Crippen molar-refractivity contribution in [2.45, 2.75) is 0 Å². The van der Waals surface area contributed by atoms with Crippen molar-refractivity contribution in [1.82, 2.24) is 9.78 Å². The average Bonchev–Trinajstić information content (AvgIpc) is 2.69. The third kappa shape index (κ3) is 3.06. The molecule has 1 aromatic carbocycles. The number of hydrogen-bond acceptors (Lipinski definition) is 3. The van der Waals surface area contributed by atoms with Crippen LogP contribution in [-0.2, 0) is 7.05 Å². The highest BCUT2D eigenvalue weighted by atomic mass is 35.5. The Bertz CT molecular complexity index is 589. The van der Waals surface area contributed by atoms with E-state index in [2.05, 4.69) is 10.4 Å². The van der Waals surface area contributed by atoms with Gasteiger partial charge in [-0.25, -0.2) is 0 Å². The van der Waals surface area contributed by atoms with Crippen molar-refractivity contribution in [3.05, 3.63) is 41.2 Å². The lowest BCUT2D eigenvalue weighted by molar-refractivity contribution is 0.102. The average molecular weight is 279 g/mol. The Morgan fingerprint density at radius 2 is 1.95 bits per heavy atom. The summed E-state index contributed by atoms with van der Waals surface area (Å²) in [5, 5.41) is 7.12. The molecule has 0 unspecified atom stereocenters. The third-order valence-corrected chi connectivity index (χ3v) is 2.92. The molecule has 1 aromatic heterocycles. The SMILES string of the molecule is CN(C)c1ccc(NC(=O)c2nn(C)cc2Cl)cc1. The molecule has 0 atom stereocenters. The van der Waals surface area contributed by atoms with Gasteiger partial charge in [-0.05, 0) is 24.3 Å². The summed E-state index contributed by atoms with van der Waals surface area (Å²) in [6.45, 7) is 0. The summed E-state index contributed by atoms with van der Waals surface area (Å²) in [4.78, 5) is 14.0. The van der Waals surface area contributed by atoms with Crippen molar-refractivity contribution in [3.63, 3.8) is 0 Å². The lowest BCUT2D eigenvalue weighted by atomic mass is 10.2. The van der Waals surface area contributed by atoms with Crippen LogP contribution in [-0.4, -0.2) is 29.8 Å². The number of amides is 1. The van der Waals surface area contributed by atoms with Gasteiger partial charge >= 0.3 is 0 Å². The van der Waals surface area contributed by atoms with Gasteiger partial charge in [0.2, 0.25) is 0 Å². The van der Waals surface area contributed by atoms with Crippen LogP contribution >= 0.6 is 11.6 Å². The summed E-state index contributed by atoms with van der Waals surface area (Å²) in [6.07, 6.45) is 1.59. The number of anilines is 2. The van der Waals surface area contributed by atoms with E-state index < -0.39 is 0 Å². The molecular weight excluding hydrogens is 264 g/mol. The number of aromatic nitrogens is 2. The molecule has 0 bridgehead atoms. The Balaban J connectivity index is 2.13. The first-order valence-corrected chi connectivity index (χ1v) is 6.13. The molecule has 2 rings (SSSR count). The largest absolute Gasteiger partial charge is 0.378 e. The third-order valence-electron chi connectivity index (χ3n) is 2.64. The molecule has 0 aliphatic rings. The molecule has 19 heavy (non-hydrogen) atoms. The maximum atomic E-state index is 12.0. The first-order chi connectivity index (χ1) is 8.97. The summed E-state index contributed by atoms with van der Waals surface area (Å²) in [6, 6.07) is 7.53. The number of rotatable bonds is 3. The van der Waals surface area contributed by atoms with Gasteiger partial charge in [-0.1, -0.05) is 11.6 Å². The minimum Gasteiger partial charge on any atom is -0.378 e. The van der Waals surface area contributed by atoms with Crippen LogP contribution < -0.4 is 10.2 Å². The molecule has 0 aliphatic heterocycles. The Hall–Kier alpha value is -2.01. The van der Waals surface area contributed by atoms with Gasteiger partial charge in [-0.3, -0.25) is 9.48 Å². The van der Waals surface area contributed by atoms with Gasteiger partial charge in [0.15, 0.2) is 5.69 Å². The molecule has 0 radical (unpaired) electrons. The van der Waals surface area contributed by atoms with E-state index in [4.69, 9.17) is 11.6 Å². The van der Waals surface area contributed by atoms with E-state index in [1.54, 1.807) is 13.2 Å². The van der Waals surface area contributed by atoms with Gasteiger partial charge in [-0.2, -0.15) is 5.10 Å². The fourth-order valence-corrected chi connectivity index (χ4v) is 1.91. The summed E-state index contributed by atoms with van der Waals surface area (Å²) < 4.78 is 1.51. The summed E-state index contributed by atoms with van der Waals surface area (Å²) >= 11 is 5.92. The van der Waals surface area contributed by atoms with E-state index >= 15 is 0 Å². The monoisotopic (exact) mass is 278 g/mol. The molecular formula is C13H15ClN4O. The molecule has 0 saturated heterocycles. The first kappa shape index (κ1) is 13.4. The predicted molar refractivity (Wildman–Crippen MR) is 76.9 cm³/mol. The Morgan fingerprint density at radius 3 is 2.42 bits per heavy atom. The van der Waals surface area contributed by atoms with Gasteiger partial charge in [0.25, 0.3) is 5.91 Å². The fraction of sp³-hybridized carbons (Fsp3) is 0.231. The number of benzene rings is 1. The highest BCUT2D eigenvalue weighted by Crippen LogP contribution is 2.18. The molecule has 0 saturated carbocycles. The van der Waals surface area contributed by atoms with Gasteiger partial charge in [0, 0.05) is 38.7 Å². The number of halogens is 1. The summed E-state index contributed by atoms with van der Waals surface area (Å²) in [5.74, 6) is -0.316. The van der Waals surface area contributed by atoms with Crippen LogP contribution in [0.3, 0.4) is 0 Å². The van der Waals surface area contributed by atoms with Crippen LogP contribution in [0.2, 0.25) is 5.02 Å². The zero-order valence-electron chi connectivity index (χ0n) is 11.0. The molecule has 2 aromatic rings. The molecule has 0 aliphatic carbocycles. The van der Waals surface area contributed by atoms with Gasteiger partial charge < -0.3 is 10.2 Å². The molecule has 1 N–H and O–H groups in total. The van der Waals surface area contributed by atoms with Crippen LogP contribution in [0, 0.1) is 0 Å². The Morgan fingerprint density at radius 1 is 1.32 bits per heavy atom. The van der Waals surface area contributed by atoms with Crippen LogP contribution in [0.4, 0.5) is 11.4 Å². The summed E-state index contributed by atoms with van der Waals surface area (Å²) in [5.41, 5.74) is 1.99. The number of nitrogens with zero attached hydrogens (tertiary/aromatic N) is 3. The normalized spacial score (nSPS) is 10.3. The quantitative estimate of drug-likeness (QED) is 0.938. The molecule has 100 valence electrons. The first-order valence-electron chi connectivity index (χ1n) is 5.75. The lowest BCUT2D eigenvalue weighted by Gasteiger charge is -2.12. The highest BCUT2D eigenvalue weighted by molar-refractivity contribution is 6.34. The Kier molecular flexibility index (Phi) is 3.76. The maximum Gasteiger partial charge on any atom is 0.277 e. The molecule has 1 heterocycles. The lowest BCUT2D eigenvalue weighted by Crippen LogP contribution is -2.14. The van der Waals surface area contributed by atoms with Crippen molar-refractivity contribution in [2.75, 3.05) is 24.3 Å². The second-order valence-corrected chi connectivity index (χ2v) is 4.80. The minimum atomic E-state index is -0.316. The van der Waals surface area contributed by atoms with Crippen LogP contribution in [0.1, 0.15) is 10.5 Å². The summed E-state index contributed by atoms with van der Waals surface area (Å²) in [7, 11) is 5.64. The predicted octanol–water partition coefficient (Wildman–Crippen LogP) is 2.39. The van der Waals surface area contributed by atoms with Crippen LogP contribution in [0.15, 0.2) is 30.5 Å². The topological polar surface area (TPSA) is 50.2 Å². The van der Waals surface area contributed by atoms with Gasteiger partial charge in [0.05, 0.1) is 5.02 Å². The van der Waals surface area contributed by atoms with E-state index in [-0.39, 0.29) is 11.6 Å². The Labute approximate surface area is 116 Å².